The summed E-state index contributed by atoms with van der Waals surface area (Å²) in [5, 5.41) is 10.8. The maximum atomic E-state index is 4.28. The van der Waals surface area contributed by atoms with Gasteiger partial charge < -0.3 is 5.32 Å². The Bertz CT molecular complexity index is 299. The van der Waals surface area contributed by atoms with Crippen molar-refractivity contribution in [3.63, 3.8) is 0 Å². The van der Waals surface area contributed by atoms with Gasteiger partial charge in [-0.25, -0.2) is 0 Å². The van der Waals surface area contributed by atoms with Crippen molar-refractivity contribution < 1.29 is 0 Å². The number of H-pyrrole nitrogens is 1. The van der Waals surface area contributed by atoms with Gasteiger partial charge in [-0.15, -0.1) is 0 Å². The lowest BCUT2D eigenvalue weighted by molar-refractivity contribution is 0.863. The highest BCUT2D eigenvalue weighted by Gasteiger charge is 2.25. The number of hydrogen-bond donors (Lipinski definition) is 2. The number of aromatic nitrogens is 2. The third-order valence-corrected chi connectivity index (χ3v) is 2.72. The van der Waals surface area contributed by atoms with E-state index >= 15 is 0 Å². The Balaban J connectivity index is 1.88. The fourth-order valence-corrected chi connectivity index (χ4v) is 1.86. The highest BCUT2D eigenvalue weighted by atomic mass is 15.2. The van der Waals surface area contributed by atoms with Crippen LogP contribution in [0.15, 0.2) is 0 Å². The molecule has 1 saturated carbocycles. The first kappa shape index (κ1) is 6.52. The van der Waals surface area contributed by atoms with Crippen molar-refractivity contribution in [2.24, 2.45) is 0 Å². The minimum absolute atomic E-state index is 0.720. The van der Waals surface area contributed by atoms with Gasteiger partial charge in [0.05, 0.1) is 0 Å². The van der Waals surface area contributed by atoms with Gasteiger partial charge in [-0.1, -0.05) is 0 Å². The van der Waals surface area contributed by atoms with E-state index in [1.54, 1.807) is 0 Å². The van der Waals surface area contributed by atoms with Crippen molar-refractivity contribution in [1.29, 1.82) is 0 Å². The molecule has 0 aromatic carbocycles. The first-order valence-corrected chi connectivity index (χ1v) is 4.76. The quantitative estimate of drug-likeness (QED) is 0.693. The molecule has 1 fully saturated rings. The Morgan fingerprint density at radius 1 is 1.33 bits per heavy atom. The van der Waals surface area contributed by atoms with Crippen molar-refractivity contribution >= 4 is 5.82 Å². The molecule has 12 heavy (non-hydrogen) atoms. The molecule has 0 aliphatic heterocycles. The van der Waals surface area contributed by atoms with Crippen LogP contribution < -0.4 is 5.32 Å². The van der Waals surface area contributed by atoms with Crippen LogP contribution in [0, 0.1) is 0 Å². The smallest absolute Gasteiger partial charge is 0.151 e. The summed E-state index contributed by atoms with van der Waals surface area (Å²) in [5.74, 6) is 1.13. The molecule has 64 valence electrons. The number of hydrogen-bond acceptors (Lipinski definition) is 2. The lowest BCUT2D eigenvalue weighted by Crippen LogP contribution is -2.02. The first-order chi connectivity index (χ1) is 5.93. The number of nitrogens with zero attached hydrogens (tertiary/aromatic N) is 1. The average Bonchev–Trinajstić information content (AvgIpc) is 2.63. The molecule has 2 N–H and O–H groups in total. The molecule has 1 aromatic rings. The van der Waals surface area contributed by atoms with Gasteiger partial charge in [-0.3, -0.25) is 5.10 Å². The van der Waals surface area contributed by atoms with Crippen LogP contribution in [0.1, 0.15) is 30.5 Å². The Labute approximate surface area is 71.6 Å². The van der Waals surface area contributed by atoms with E-state index in [0.29, 0.717) is 0 Å². The van der Waals surface area contributed by atoms with Crippen molar-refractivity contribution in [3.05, 3.63) is 11.3 Å². The van der Waals surface area contributed by atoms with Gasteiger partial charge in [0.1, 0.15) is 0 Å². The Kier molecular flexibility index (Phi) is 1.22. The number of fused-ring (bicyclic) bond motifs is 1. The zero-order valence-electron chi connectivity index (χ0n) is 7.06. The van der Waals surface area contributed by atoms with E-state index in [0.717, 1.165) is 11.9 Å². The molecule has 0 radical (unpaired) electrons. The van der Waals surface area contributed by atoms with Crippen molar-refractivity contribution in [1.82, 2.24) is 10.2 Å². The maximum Gasteiger partial charge on any atom is 0.151 e. The van der Waals surface area contributed by atoms with E-state index in [1.165, 1.54) is 43.4 Å². The van der Waals surface area contributed by atoms with E-state index in [2.05, 4.69) is 15.5 Å². The summed E-state index contributed by atoms with van der Waals surface area (Å²) < 4.78 is 0. The highest BCUT2D eigenvalue weighted by Crippen LogP contribution is 2.30. The summed E-state index contributed by atoms with van der Waals surface area (Å²) in [6.07, 6.45) is 6.34. The minimum Gasteiger partial charge on any atom is -0.366 e. The lowest BCUT2D eigenvalue weighted by Gasteiger charge is -2.00. The summed E-state index contributed by atoms with van der Waals surface area (Å²) in [6, 6.07) is 0.720. The van der Waals surface area contributed by atoms with Crippen molar-refractivity contribution in [2.45, 2.75) is 38.1 Å². The minimum atomic E-state index is 0.720. The van der Waals surface area contributed by atoms with Crippen LogP contribution in [0.2, 0.25) is 0 Å². The van der Waals surface area contributed by atoms with E-state index in [4.69, 9.17) is 0 Å². The van der Waals surface area contributed by atoms with Crippen LogP contribution in [0.4, 0.5) is 5.82 Å². The molecule has 0 amide bonds. The third kappa shape index (κ3) is 0.924. The number of nitrogens with one attached hydrogen (secondary N) is 2. The molecule has 0 spiro atoms. The number of rotatable bonds is 2. The van der Waals surface area contributed by atoms with Crippen LogP contribution in [0.5, 0.6) is 0 Å². The fourth-order valence-electron chi connectivity index (χ4n) is 1.86. The summed E-state index contributed by atoms with van der Waals surface area (Å²) in [6.45, 7) is 0. The zero-order valence-corrected chi connectivity index (χ0v) is 7.06. The largest absolute Gasteiger partial charge is 0.366 e. The molecule has 1 aromatic heterocycles. The molecule has 0 unspecified atom stereocenters. The molecule has 0 atom stereocenters. The predicted molar refractivity (Wildman–Crippen MR) is 47.3 cm³/mol. The van der Waals surface area contributed by atoms with E-state index in [9.17, 15) is 0 Å². The standard InChI is InChI=1S/C9H13N3/c1-2-7-8(3-1)11-12-9(7)10-6-4-5-6/h6H,1-5H2,(H2,10,11,12). The monoisotopic (exact) mass is 163 g/mol. The van der Waals surface area contributed by atoms with E-state index in [-0.39, 0.29) is 0 Å². The zero-order chi connectivity index (χ0) is 7.97. The van der Waals surface area contributed by atoms with Crippen molar-refractivity contribution in [3.8, 4) is 0 Å². The summed E-state index contributed by atoms with van der Waals surface area (Å²) in [7, 11) is 0. The molecule has 3 nitrogen and oxygen atoms in total. The van der Waals surface area contributed by atoms with Gasteiger partial charge in [-0.2, -0.15) is 5.10 Å². The number of anilines is 1. The van der Waals surface area contributed by atoms with E-state index < -0.39 is 0 Å². The molecule has 1 heterocycles. The first-order valence-electron chi connectivity index (χ1n) is 4.76. The van der Waals surface area contributed by atoms with E-state index in [1.807, 2.05) is 0 Å². The predicted octanol–water partition coefficient (Wildman–Crippen LogP) is 1.47. The lowest BCUT2D eigenvalue weighted by atomic mass is 10.2. The summed E-state index contributed by atoms with van der Waals surface area (Å²) in [4.78, 5) is 0. The summed E-state index contributed by atoms with van der Waals surface area (Å²) >= 11 is 0. The highest BCUT2D eigenvalue weighted by molar-refractivity contribution is 5.49. The SMILES string of the molecule is C1Cc2[nH]nc(NC3CC3)c2C1. The molecular formula is C9H13N3. The maximum absolute atomic E-state index is 4.28. The normalized spacial score (nSPS) is 21.0. The van der Waals surface area contributed by atoms with Gasteiger partial charge >= 0.3 is 0 Å². The van der Waals surface area contributed by atoms with Crippen LogP contribution >= 0.6 is 0 Å². The second-order valence-electron chi connectivity index (χ2n) is 3.80. The van der Waals surface area contributed by atoms with Crippen LogP contribution in [-0.4, -0.2) is 16.2 Å². The second-order valence-corrected chi connectivity index (χ2v) is 3.80. The van der Waals surface area contributed by atoms with Gasteiger partial charge in [0.15, 0.2) is 5.82 Å². The van der Waals surface area contributed by atoms with Gasteiger partial charge in [-0.05, 0) is 32.1 Å². The van der Waals surface area contributed by atoms with Gasteiger partial charge in [0, 0.05) is 17.3 Å². The molecule has 0 saturated heterocycles. The molecule has 0 bridgehead atoms. The molecule has 2 aliphatic rings. The van der Waals surface area contributed by atoms with Crippen LogP contribution in [-0.2, 0) is 12.8 Å². The van der Waals surface area contributed by atoms with Crippen LogP contribution in [0.25, 0.3) is 0 Å². The second kappa shape index (κ2) is 2.25. The van der Waals surface area contributed by atoms with Gasteiger partial charge in [0.25, 0.3) is 0 Å². The van der Waals surface area contributed by atoms with Gasteiger partial charge in [0.2, 0.25) is 0 Å². The number of aromatic amines is 1. The fraction of sp³-hybridized carbons (Fsp3) is 0.667. The topological polar surface area (TPSA) is 40.7 Å². The molecular weight excluding hydrogens is 150 g/mol. The Morgan fingerprint density at radius 3 is 3.08 bits per heavy atom. The Hall–Kier alpha value is -0.990. The van der Waals surface area contributed by atoms with Crippen LogP contribution in [0.3, 0.4) is 0 Å². The third-order valence-electron chi connectivity index (χ3n) is 2.72. The average molecular weight is 163 g/mol. The Morgan fingerprint density at radius 2 is 2.25 bits per heavy atom. The molecule has 2 aliphatic carbocycles. The summed E-state index contributed by atoms with van der Waals surface area (Å²) in [5.41, 5.74) is 2.81. The molecule has 3 rings (SSSR count). The number of aryl methyl sites for hydroxylation is 1. The van der Waals surface area contributed by atoms with Crippen molar-refractivity contribution in [2.75, 3.05) is 5.32 Å². The molecule has 3 heteroatoms.